The molecule has 1 heteroatoms. The largest absolute Gasteiger partial charge is 0.294 e. The van der Waals surface area contributed by atoms with Gasteiger partial charge in [0.15, 0.2) is 5.78 Å². The van der Waals surface area contributed by atoms with E-state index in [1.165, 1.54) is 0 Å². The molecule has 0 fully saturated rings. The number of carbonyl (C=O) groups excluding carboxylic acids is 1. The Kier molecular flexibility index (Phi) is 3.76. The summed E-state index contributed by atoms with van der Waals surface area (Å²) in [6.07, 6.45) is 0.298. The Morgan fingerprint density at radius 1 is 1.42 bits per heavy atom. The summed E-state index contributed by atoms with van der Waals surface area (Å²) < 4.78 is 0. The zero-order chi connectivity index (χ0) is 9.78. The third-order valence-electron chi connectivity index (χ3n) is 1.19. The van der Waals surface area contributed by atoms with Gasteiger partial charge in [-0.2, -0.15) is 0 Å². The SMILES string of the molecule is C=C(C)C(=O)CC#CC(C)(C)C. The third-order valence-corrected chi connectivity index (χ3v) is 1.19. The summed E-state index contributed by atoms with van der Waals surface area (Å²) >= 11 is 0. The normalized spacial score (nSPS) is 10.0. The fourth-order valence-corrected chi connectivity index (χ4v) is 0.541. The molecular weight excluding hydrogens is 148 g/mol. The van der Waals surface area contributed by atoms with Crippen LogP contribution in [-0.4, -0.2) is 5.78 Å². The highest BCUT2D eigenvalue weighted by Gasteiger charge is 2.04. The van der Waals surface area contributed by atoms with Crippen LogP contribution in [0.3, 0.4) is 0 Å². The molecule has 0 aliphatic rings. The highest BCUT2D eigenvalue weighted by Crippen LogP contribution is 2.10. The van der Waals surface area contributed by atoms with Crippen LogP contribution in [-0.2, 0) is 4.79 Å². The van der Waals surface area contributed by atoms with Crippen LogP contribution in [0.2, 0.25) is 0 Å². The molecule has 0 saturated heterocycles. The van der Waals surface area contributed by atoms with Crippen molar-refractivity contribution in [1.82, 2.24) is 0 Å². The van der Waals surface area contributed by atoms with Crippen LogP contribution in [0.5, 0.6) is 0 Å². The van der Waals surface area contributed by atoms with Crippen LogP contribution >= 0.6 is 0 Å². The van der Waals surface area contributed by atoms with Crippen molar-refractivity contribution in [3.8, 4) is 11.8 Å². The van der Waals surface area contributed by atoms with E-state index in [0.29, 0.717) is 12.0 Å². The van der Waals surface area contributed by atoms with Crippen molar-refractivity contribution >= 4 is 5.78 Å². The van der Waals surface area contributed by atoms with Gasteiger partial charge in [0, 0.05) is 5.41 Å². The van der Waals surface area contributed by atoms with Crippen molar-refractivity contribution in [2.24, 2.45) is 5.41 Å². The van der Waals surface area contributed by atoms with Gasteiger partial charge in [-0.3, -0.25) is 4.79 Å². The minimum Gasteiger partial charge on any atom is -0.294 e. The van der Waals surface area contributed by atoms with Gasteiger partial charge < -0.3 is 0 Å². The van der Waals surface area contributed by atoms with E-state index >= 15 is 0 Å². The summed E-state index contributed by atoms with van der Waals surface area (Å²) in [5, 5.41) is 0. The molecule has 0 aliphatic heterocycles. The summed E-state index contributed by atoms with van der Waals surface area (Å²) in [4.78, 5) is 11.0. The molecule has 0 aliphatic carbocycles. The predicted molar refractivity (Wildman–Crippen MR) is 51.7 cm³/mol. The molecule has 66 valence electrons. The Morgan fingerprint density at radius 2 is 1.92 bits per heavy atom. The summed E-state index contributed by atoms with van der Waals surface area (Å²) in [6, 6.07) is 0. The van der Waals surface area contributed by atoms with Crippen LogP contribution < -0.4 is 0 Å². The number of hydrogen-bond acceptors (Lipinski definition) is 1. The van der Waals surface area contributed by atoms with Crippen molar-refractivity contribution in [1.29, 1.82) is 0 Å². The van der Waals surface area contributed by atoms with Crippen molar-refractivity contribution in [2.45, 2.75) is 34.1 Å². The van der Waals surface area contributed by atoms with E-state index in [-0.39, 0.29) is 11.2 Å². The summed E-state index contributed by atoms with van der Waals surface area (Å²) in [6.45, 7) is 11.3. The second-order valence-electron chi connectivity index (χ2n) is 3.93. The maximum absolute atomic E-state index is 11.0. The van der Waals surface area contributed by atoms with Crippen LogP contribution in [0.25, 0.3) is 0 Å². The number of Topliss-reactive ketones (excluding diaryl/α,β-unsaturated/α-hetero) is 1. The predicted octanol–water partition coefficient (Wildman–Crippen LogP) is 2.57. The van der Waals surface area contributed by atoms with Crippen molar-refractivity contribution < 1.29 is 4.79 Å². The topological polar surface area (TPSA) is 17.1 Å². The van der Waals surface area contributed by atoms with E-state index in [1.807, 2.05) is 20.8 Å². The zero-order valence-electron chi connectivity index (χ0n) is 8.32. The van der Waals surface area contributed by atoms with E-state index in [2.05, 4.69) is 18.4 Å². The molecule has 0 spiro atoms. The molecule has 1 nitrogen and oxygen atoms in total. The Hall–Kier alpha value is -1.03. The number of ketones is 1. The molecule has 0 aromatic rings. The van der Waals surface area contributed by atoms with E-state index in [1.54, 1.807) is 6.92 Å². The number of hydrogen-bond donors (Lipinski definition) is 0. The molecule has 0 rings (SSSR count). The Morgan fingerprint density at radius 3 is 2.25 bits per heavy atom. The Balaban J connectivity index is 4.05. The molecule has 0 unspecified atom stereocenters. The lowest BCUT2D eigenvalue weighted by atomic mass is 9.97. The number of allylic oxidation sites excluding steroid dienone is 1. The second kappa shape index (κ2) is 4.11. The molecule has 0 amide bonds. The van der Waals surface area contributed by atoms with Crippen LogP contribution in [0.4, 0.5) is 0 Å². The summed E-state index contributed by atoms with van der Waals surface area (Å²) in [7, 11) is 0. The number of rotatable bonds is 2. The lowest BCUT2D eigenvalue weighted by Crippen LogP contribution is -2.01. The maximum Gasteiger partial charge on any atom is 0.169 e. The van der Waals surface area contributed by atoms with Crippen LogP contribution in [0, 0.1) is 17.3 Å². The van der Waals surface area contributed by atoms with Gasteiger partial charge >= 0.3 is 0 Å². The molecular formula is C11H16O. The lowest BCUT2D eigenvalue weighted by molar-refractivity contribution is -0.114. The first-order chi connectivity index (χ1) is 5.33. The molecule has 12 heavy (non-hydrogen) atoms. The van der Waals surface area contributed by atoms with Crippen LogP contribution in [0.15, 0.2) is 12.2 Å². The van der Waals surface area contributed by atoms with E-state index in [0.717, 1.165) is 0 Å². The first-order valence-electron chi connectivity index (χ1n) is 4.01. The molecule has 0 saturated carbocycles. The highest BCUT2D eigenvalue weighted by atomic mass is 16.1. The maximum atomic E-state index is 11.0. The molecule has 0 heterocycles. The van der Waals surface area contributed by atoms with E-state index in [9.17, 15) is 4.79 Å². The zero-order valence-corrected chi connectivity index (χ0v) is 8.32. The molecule has 0 bridgehead atoms. The Labute approximate surface area is 74.9 Å². The molecule has 0 aromatic carbocycles. The number of carbonyl (C=O) groups is 1. The van der Waals surface area contributed by atoms with E-state index < -0.39 is 0 Å². The third kappa shape index (κ3) is 5.73. The average Bonchev–Trinajstić information content (AvgIpc) is 1.84. The molecule has 0 atom stereocenters. The lowest BCUT2D eigenvalue weighted by Gasteiger charge is -2.06. The van der Waals surface area contributed by atoms with Gasteiger partial charge in [-0.1, -0.05) is 18.4 Å². The standard InChI is InChI=1S/C11H16O/c1-9(2)10(12)7-6-8-11(3,4)5/h1,7H2,2-5H3. The minimum atomic E-state index is -0.0185. The smallest absolute Gasteiger partial charge is 0.169 e. The van der Waals surface area contributed by atoms with Gasteiger partial charge in [-0.15, -0.1) is 0 Å². The second-order valence-corrected chi connectivity index (χ2v) is 3.93. The fraction of sp³-hybridized carbons (Fsp3) is 0.545. The van der Waals surface area contributed by atoms with Crippen molar-refractivity contribution in [2.75, 3.05) is 0 Å². The first kappa shape index (κ1) is 11.0. The molecule has 0 radical (unpaired) electrons. The van der Waals surface area contributed by atoms with Gasteiger partial charge in [-0.25, -0.2) is 0 Å². The molecule has 0 N–H and O–H groups in total. The fourth-order valence-electron chi connectivity index (χ4n) is 0.541. The first-order valence-corrected chi connectivity index (χ1v) is 4.01. The minimum absolute atomic E-state index is 0.0185. The Bertz CT molecular complexity index is 242. The van der Waals surface area contributed by atoms with Crippen molar-refractivity contribution in [3.63, 3.8) is 0 Å². The molecule has 0 aromatic heterocycles. The quantitative estimate of drug-likeness (QED) is 0.453. The van der Waals surface area contributed by atoms with E-state index in [4.69, 9.17) is 0 Å². The van der Waals surface area contributed by atoms with Gasteiger partial charge in [0.25, 0.3) is 0 Å². The van der Waals surface area contributed by atoms with Crippen molar-refractivity contribution in [3.05, 3.63) is 12.2 Å². The van der Waals surface area contributed by atoms with Gasteiger partial charge in [0.05, 0.1) is 6.42 Å². The van der Waals surface area contributed by atoms with Gasteiger partial charge in [-0.05, 0) is 33.3 Å². The summed E-state index contributed by atoms with van der Waals surface area (Å²) in [5.41, 5.74) is 0.563. The average molecular weight is 164 g/mol. The van der Waals surface area contributed by atoms with Gasteiger partial charge in [0.1, 0.15) is 0 Å². The van der Waals surface area contributed by atoms with Gasteiger partial charge in [0.2, 0.25) is 0 Å². The van der Waals surface area contributed by atoms with Crippen LogP contribution in [0.1, 0.15) is 34.1 Å². The summed E-state index contributed by atoms with van der Waals surface area (Å²) in [5.74, 6) is 5.88. The monoisotopic (exact) mass is 164 g/mol. The highest BCUT2D eigenvalue weighted by molar-refractivity contribution is 5.95.